The first-order valence-corrected chi connectivity index (χ1v) is 5.98. The number of hydrogen-bond acceptors (Lipinski definition) is 5. The molecule has 0 saturated heterocycles. The highest BCUT2D eigenvalue weighted by atomic mass is 32.1. The second kappa shape index (κ2) is 5.29. The molecule has 0 bridgehead atoms. The predicted octanol–water partition coefficient (Wildman–Crippen LogP) is 1.97. The second-order valence-corrected chi connectivity index (χ2v) is 4.38. The van der Waals surface area contributed by atoms with Crippen LogP contribution in [0.2, 0.25) is 0 Å². The van der Waals surface area contributed by atoms with Gasteiger partial charge in [-0.05, 0) is 23.6 Å². The summed E-state index contributed by atoms with van der Waals surface area (Å²) in [6, 6.07) is 6.27. The number of pyridine rings is 1. The number of nitrogens with zero attached hydrogens (tertiary/aromatic N) is 2. The van der Waals surface area contributed by atoms with Crippen LogP contribution in [0.15, 0.2) is 29.8 Å². The van der Waals surface area contributed by atoms with Gasteiger partial charge in [-0.1, -0.05) is 0 Å². The molecule has 0 aliphatic heterocycles. The zero-order valence-electron chi connectivity index (χ0n) is 9.45. The van der Waals surface area contributed by atoms with Crippen molar-refractivity contribution in [3.8, 4) is 6.07 Å². The smallest absolute Gasteiger partial charge is 0.348 e. The molecule has 0 aliphatic rings. The summed E-state index contributed by atoms with van der Waals surface area (Å²) in [5, 5.41) is 21.6. The highest BCUT2D eigenvalue weighted by Gasteiger charge is 2.15. The summed E-state index contributed by atoms with van der Waals surface area (Å²) >= 11 is 1.02. The average Bonchev–Trinajstić information content (AvgIpc) is 2.87. The fourth-order valence-electron chi connectivity index (χ4n) is 1.35. The number of carbonyl (C=O) groups excluding carboxylic acids is 1. The molecular formula is C12H7N3O3S. The first-order chi connectivity index (χ1) is 9.11. The highest BCUT2D eigenvalue weighted by molar-refractivity contribution is 7.12. The lowest BCUT2D eigenvalue weighted by Gasteiger charge is -2.03. The van der Waals surface area contributed by atoms with Gasteiger partial charge in [0.1, 0.15) is 16.6 Å². The summed E-state index contributed by atoms with van der Waals surface area (Å²) in [6.45, 7) is 0. The molecule has 0 unspecified atom stereocenters. The molecule has 2 rings (SSSR count). The fourth-order valence-corrected chi connectivity index (χ4v) is 2.04. The van der Waals surface area contributed by atoms with Crippen LogP contribution in [0, 0.1) is 11.3 Å². The molecule has 0 radical (unpaired) electrons. The van der Waals surface area contributed by atoms with E-state index in [-0.39, 0.29) is 16.3 Å². The molecular weight excluding hydrogens is 266 g/mol. The Bertz CT molecular complexity index is 670. The number of amides is 1. The number of anilines is 1. The SMILES string of the molecule is N#Cc1ccc(C(=O)Nc2ccsc2C(=O)O)nc1. The van der Waals surface area contributed by atoms with Gasteiger partial charge >= 0.3 is 5.97 Å². The van der Waals surface area contributed by atoms with Crippen LogP contribution in [0.5, 0.6) is 0 Å². The maximum atomic E-state index is 11.8. The number of carboxylic acid groups (broad SMARTS) is 1. The molecule has 19 heavy (non-hydrogen) atoms. The van der Waals surface area contributed by atoms with Crippen LogP contribution < -0.4 is 5.32 Å². The van der Waals surface area contributed by atoms with Gasteiger partial charge in [0, 0.05) is 6.20 Å². The Morgan fingerprint density at radius 2 is 2.16 bits per heavy atom. The number of carboxylic acids is 1. The van der Waals surface area contributed by atoms with Gasteiger partial charge < -0.3 is 10.4 Å². The van der Waals surface area contributed by atoms with Gasteiger partial charge in [-0.2, -0.15) is 5.26 Å². The number of thiophene rings is 1. The molecule has 6 nitrogen and oxygen atoms in total. The predicted molar refractivity (Wildman–Crippen MR) is 68.2 cm³/mol. The van der Waals surface area contributed by atoms with E-state index in [1.165, 1.54) is 24.4 Å². The number of aromatic carboxylic acids is 1. The molecule has 2 aromatic heterocycles. The van der Waals surface area contributed by atoms with Crippen molar-refractivity contribution in [3.05, 3.63) is 45.9 Å². The minimum absolute atomic E-state index is 0.0574. The highest BCUT2D eigenvalue weighted by Crippen LogP contribution is 2.22. The van der Waals surface area contributed by atoms with E-state index in [0.717, 1.165) is 11.3 Å². The topological polar surface area (TPSA) is 103 Å². The van der Waals surface area contributed by atoms with Crippen LogP contribution in [-0.4, -0.2) is 22.0 Å². The Hall–Kier alpha value is -2.72. The van der Waals surface area contributed by atoms with Crippen molar-refractivity contribution in [2.75, 3.05) is 5.32 Å². The van der Waals surface area contributed by atoms with Crippen LogP contribution in [0.3, 0.4) is 0 Å². The Balaban J connectivity index is 2.19. The summed E-state index contributed by atoms with van der Waals surface area (Å²) in [5.41, 5.74) is 0.688. The number of nitrogens with one attached hydrogen (secondary N) is 1. The van der Waals surface area contributed by atoms with Gasteiger partial charge in [-0.3, -0.25) is 4.79 Å². The lowest BCUT2D eigenvalue weighted by atomic mass is 10.2. The summed E-state index contributed by atoms with van der Waals surface area (Å²) in [4.78, 5) is 26.6. The van der Waals surface area contributed by atoms with Crippen LogP contribution in [0.1, 0.15) is 25.7 Å². The molecule has 0 atom stereocenters. The molecule has 0 spiro atoms. The molecule has 2 N–H and O–H groups in total. The van der Waals surface area contributed by atoms with E-state index in [0.29, 0.717) is 5.56 Å². The van der Waals surface area contributed by atoms with Crippen LogP contribution in [-0.2, 0) is 0 Å². The lowest BCUT2D eigenvalue weighted by molar-refractivity contribution is 0.0703. The molecule has 0 aromatic carbocycles. The fraction of sp³-hybridized carbons (Fsp3) is 0. The van der Waals surface area contributed by atoms with Gasteiger partial charge in [-0.25, -0.2) is 9.78 Å². The van der Waals surface area contributed by atoms with Crippen LogP contribution in [0.4, 0.5) is 5.69 Å². The third-order valence-electron chi connectivity index (χ3n) is 2.23. The third kappa shape index (κ3) is 2.75. The van der Waals surface area contributed by atoms with Crippen molar-refractivity contribution in [3.63, 3.8) is 0 Å². The first kappa shape index (κ1) is 12.7. The summed E-state index contributed by atoms with van der Waals surface area (Å²) in [6.07, 6.45) is 1.28. The molecule has 2 aromatic rings. The van der Waals surface area contributed by atoms with E-state index in [1.807, 2.05) is 6.07 Å². The van der Waals surface area contributed by atoms with Crippen LogP contribution in [0.25, 0.3) is 0 Å². The molecule has 2 heterocycles. The maximum absolute atomic E-state index is 11.8. The van der Waals surface area contributed by atoms with Gasteiger partial charge in [-0.15, -0.1) is 11.3 Å². The molecule has 0 saturated carbocycles. The number of aromatic nitrogens is 1. The van der Waals surface area contributed by atoms with Crippen molar-refractivity contribution < 1.29 is 14.7 Å². The third-order valence-corrected chi connectivity index (χ3v) is 3.14. The summed E-state index contributed by atoms with van der Waals surface area (Å²) < 4.78 is 0. The Labute approximate surface area is 112 Å². The standard InChI is InChI=1S/C12H7N3O3S/c13-5-7-1-2-9(14-6-7)11(16)15-8-3-4-19-10(8)12(17)18/h1-4,6H,(H,15,16)(H,17,18). The summed E-state index contributed by atoms with van der Waals surface area (Å²) in [5.74, 6) is -1.62. The van der Waals surface area contributed by atoms with Gasteiger partial charge in [0.15, 0.2) is 0 Å². The van der Waals surface area contributed by atoms with Gasteiger partial charge in [0.2, 0.25) is 0 Å². The minimum atomic E-state index is -1.10. The van der Waals surface area contributed by atoms with E-state index in [9.17, 15) is 9.59 Å². The van der Waals surface area contributed by atoms with Gasteiger partial charge in [0.25, 0.3) is 5.91 Å². The second-order valence-electron chi connectivity index (χ2n) is 3.47. The Morgan fingerprint density at radius 1 is 1.37 bits per heavy atom. The maximum Gasteiger partial charge on any atom is 0.348 e. The van der Waals surface area contributed by atoms with E-state index < -0.39 is 11.9 Å². The molecule has 0 aliphatic carbocycles. The minimum Gasteiger partial charge on any atom is -0.477 e. The molecule has 7 heteroatoms. The summed E-state index contributed by atoms with van der Waals surface area (Å²) in [7, 11) is 0. The monoisotopic (exact) mass is 273 g/mol. The Morgan fingerprint density at radius 3 is 2.74 bits per heavy atom. The number of hydrogen-bond donors (Lipinski definition) is 2. The Kier molecular flexibility index (Phi) is 3.54. The number of carbonyl (C=O) groups is 2. The zero-order valence-corrected chi connectivity index (χ0v) is 10.3. The van der Waals surface area contributed by atoms with Gasteiger partial charge in [0.05, 0.1) is 11.3 Å². The van der Waals surface area contributed by atoms with Crippen molar-refractivity contribution in [1.29, 1.82) is 5.26 Å². The van der Waals surface area contributed by atoms with E-state index in [1.54, 1.807) is 5.38 Å². The van der Waals surface area contributed by atoms with E-state index in [4.69, 9.17) is 10.4 Å². The zero-order chi connectivity index (χ0) is 13.8. The van der Waals surface area contributed by atoms with Crippen LogP contribution >= 0.6 is 11.3 Å². The van der Waals surface area contributed by atoms with Crippen molar-refractivity contribution in [1.82, 2.24) is 4.98 Å². The van der Waals surface area contributed by atoms with E-state index in [2.05, 4.69) is 10.3 Å². The largest absolute Gasteiger partial charge is 0.477 e. The molecule has 94 valence electrons. The lowest BCUT2D eigenvalue weighted by Crippen LogP contribution is -2.14. The first-order valence-electron chi connectivity index (χ1n) is 5.10. The normalized spacial score (nSPS) is 9.63. The molecule has 0 fully saturated rings. The quantitative estimate of drug-likeness (QED) is 0.889. The molecule has 1 amide bonds. The van der Waals surface area contributed by atoms with Crippen molar-refractivity contribution in [2.45, 2.75) is 0 Å². The average molecular weight is 273 g/mol. The number of rotatable bonds is 3. The van der Waals surface area contributed by atoms with Crippen molar-refractivity contribution in [2.24, 2.45) is 0 Å². The van der Waals surface area contributed by atoms with E-state index >= 15 is 0 Å². The van der Waals surface area contributed by atoms with Crippen molar-refractivity contribution >= 4 is 28.9 Å². The number of nitriles is 1.